The van der Waals surface area contributed by atoms with E-state index >= 15 is 0 Å². The van der Waals surface area contributed by atoms with Gasteiger partial charge in [0.15, 0.2) is 6.61 Å². The zero-order valence-corrected chi connectivity index (χ0v) is 20.0. The number of nitrogens with one attached hydrogen (secondary N) is 1. The lowest BCUT2D eigenvalue weighted by Crippen LogP contribution is -2.50. The largest absolute Gasteiger partial charge is 0.484 e. The predicted molar refractivity (Wildman–Crippen MR) is 125 cm³/mol. The number of carbonyl (C=O) groups excluding carboxylic acids is 2. The lowest BCUT2D eigenvalue weighted by atomic mass is 10.1. The first-order chi connectivity index (χ1) is 15.3. The van der Waals surface area contributed by atoms with Crippen LogP contribution < -0.4 is 10.1 Å². The third kappa shape index (κ3) is 7.23. The van der Waals surface area contributed by atoms with Crippen molar-refractivity contribution in [2.24, 2.45) is 0 Å². The maximum absolute atomic E-state index is 13.3. The van der Waals surface area contributed by atoms with Crippen LogP contribution in [0.25, 0.3) is 0 Å². The van der Waals surface area contributed by atoms with Gasteiger partial charge >= 0.3 is 0 Å². The second-order valence-electron chi connectivity index (χ2n) is 7.88. The van der Waals surface area contributed by atoms with Crippen LogP contribution in [0.5, 0.6) is 5.75 Å². The van der Waals surface area contributed by atoms with Crippen molar-refractivity contribution in [2.45, 2.75) is 59.5 Å². The first-order valence-electron chi connectivity index (χ1n) is 11.0. The Kier molecular flexibility index (Phi) is 9.97. The quantitative estimate of drug-likeness (QED) is 0.467. The second-order valence-corrected chi connectivity index (χ2v) is 8.25. The number of aryl methyl sites for hydroxylation is 2. The third-order valence-corrected chi connectivity index (χ3v) is 5.85. The van der Waals surface area contributed by atoms with Crippen molar-refractivity contribution in [3.63, 3.8) is 0 Å². The highest BCUT2D eigenvalue weighted by Gasteiger charge is 2.28. The van der Waals surface area contributed by atoms with E-state index in [2.05, 4.69) is 5.32 Å². The second kappa shape index (κ2) is 12.4. The standard InChI is InChI=1S/C25H32ClFN2O3/c1-5-7-12-28-25(31)22(6-2)29(15-19-8-10-20(27)11-9-19)23(30)16-32-21-13-17(3)24(26)18(4)14-21/h8-11,13-14,22H,5-7,12,15-16H2,1-4H3,(H,28,31)/t22-/m1/s1. The maximum atomic E-state index is 13.3. The van der Waals surface area contributed by atoms with Crippen molar-refractivity contribution in [1.29, 1.82) is 0 Å². The number of benzene rings is 2. The highest BCUT2D eigenvalue weighted by molar-refractivity contribution is 6.32. The van der Waals surface area contributed by atoms with Crippen LogP contribution in [0.4, 0.5) is 4.39 Å². The number of ether oxygens (including phenoxy) is 1. The van der Waals surface area contributed by atoms with Gasteiger partial charge in [0.25, 0.3) is 5.91 Å². The Balaban J connectivity index is 2.20. The van der Waals surface area contributed by atoms with Gasteiger partial charge in [0.05, 0.1) is 0 Å². The van der Waals surface area contributed by atoms with E-state index in [1.54, 1.807) is 24.3 Å². The molecule has 0 heterocycles. The summed E-state index contributed by atoms with van der Waals surface area (Å²) >= 11 is 6.21. The van der Waals surface area contributed by atoms with Gasteiger partial charge in [-0.05, 0) is 67.6 Å². The van der Waals surface area contributed by atoms with Crippen LogP contribution in [-0.2, 0) is 16.1 Å². The topological polar surface area (TPSA) is 58.6 Å². The maximum Gasteiger partial charge on any atom is 0.261 e. The van der Waals surface area contributed by atoms with Crippen LogP contribution in [0.1, 0.15) is 49.8 Å². The average molecular weight is 463 g/mol. The number of amides is 2. The first-order valence-corrected chi connectivity index (χ1v) is 11.4. The average Bonchev–Trinajstić information content (AvgIpc) is 2.77. The van der Waals surface area contributed by atoms with E-state index < -0.39 is 6.04 Å². The van der Waals surface area contributed by atoms with E-state index in [9.17, 15) is 14.0 Å². The molecule has 0 fully saturated rings. The van der Waals surface area contributed by atoms with E-state index in [0.29, 0.717) is 23.7 Å². The van der Waals surface area contributed by atoms with E-state index in [1.807, 2.05) is 27.7 Å². The number of rotatable bonds is 11. The van der Waals surface area contributed by atoms with Gasteiger partial charge in [-0.1, -0.05) is 44.0 Å². The molecule has 1 atom stereocenters. The minimum atomic E-state index is -0.651. The highest BCUT2D eigenvalue weighted by Crippen LogP contribution is 2.26. The summed E-state index contributed by atoms with van der Waals surface area (Å²) in [7, 11) is 0. The van der Waals surface area contributed by atoms with Gasteiger partial charge in [-0.25, -0.2) is 4.39 Å². The number of carbonyl (C=O) groups is 2. The van der Waals surface area contributed by atoms with Gasteiger partial charge in [0.2, 0.25) is 5.91 Å². The van der Waals surface area contributed by atoms with Gasteiger partial charge in [-0.15, -0.1) is 0 Å². The first kappa shape index (κ1) is 25.7. The molecule has 1 N–H and O–H groups in total. The Morgan fingerprint density at radius 3 is 2.31 bits per heavy atom. The molecule has 0 saturated carbocycles. The van der Waals surface area contributed by atoms with Crippen molar-refractivity contribution < 1.29 is 18.7 Å². The third-order valence-electron chi connectivity index (χ3n) is 5.25. The van der Waals surface area contributed by atoms with Crippen molar-refractivity contribution >= 4 is 23.4 Å². The Morgan fingerprint density at radius 1 is 1.12 bits per heavy atom. The van der Waals surface area contributed by atoms with Crippen LogP contribution in [0, 0.1) is 19.7 Å². The Morgan fingerprint density at radius 2 is 1.75 bits per heavy atom. The van der Waals surface area contributed by atoms with Gasteiger partial charge < -0.3 is 15.0 Å². The highest BCUT2D eigenvalue weighted by atomic mass is 35.5. The summed E-state index contributed by atoms with van der Waals surface area (Å²) in [5, 5.41) is 3.57. The lowest BCUT2D eigenvalue weighted by molar-refractivity contribution is -0.143. The normalized spacial score (nSPS) is 11.7. The van der Waals surface area contributed by atoms with Crippen LogP contribution in [0.15, 0.2) is 36.4 Å². The zero-order chi connectivity index (χ0) is 23.7. The summed E-state index contributed by atoms with van der Waals surface area (Å²) in [6.45, 7) is 8.18. The molecule has 2 rings (SSSR count). The van der Waals surface area contributed by atoms with E-state index in [-0.39, 0.29) is 30.8 Å². The lowest BCUT2D eigenvalue weighted by Gasteiger charge is -2.30. The molecule has 0 aliphatic carbocycles. The fourth-order valence-corrected chi connectivity index (χ4v) is 3.54. The van der Waals surface area contributed by atoms with E-state index in [0.717, 1.165) is 29.5 Å². The van der Waals surface area contributed by atoms with Gasteiger partial charge in [-0.3, -0.25) is 9.59 Å². The summed E-state index contributed by atoms with van der Waals surface area (Å²) in [5.41, 5.74) is 2.45. The van der Waals surface area contributed by atoms with Crippen LogP contribution in [-0.4, -0.2) is 35.9 Å². The predicted octanol–water partition coefficient (Wildman–Crippen LogP) is 5.20. The molecule has 2 aromatic carbocycles. The SMILES string of the molecule is CCCCNC(=O)[C@@H](CC)N(Cc1ccc(F)cc1)C(=O)COc1cc(C)c(Cl)c(C)c1. The summed E-state index contributed by atoms with van der Waals surface area (Å²) in [6, 6.07) is 8.82. The molecule has 0 bridgehead atoms. The molecule has 0 radical (unpaired) electrons. The number of unbranched alkanes of at least 4 members (excludes halogenated alkanes) is 1. The zero-order valence-electron chi connectivity index (χ0n) is 19.2. The number of halogens is 2. The van der Waals surface area contributed by atoms with Crippen molar-refractivity contribution in [3.05, 3.63) is 63.9 Å². The molecular weight excluding hydrogens is 431 g/mol. The fraction of sp³-hybridized carbons (Fsp3) is 0.440. The molecule has 2 aromatic rings. The van der Waals surface area contributed by atoms with Crippen molar-refractivity contribution in [2.75, 3.05) is 13.2 Å². The van der Waals surface area contributed by atoms with Crippen LogP contribution in [0.3, 0.4) is 0 Å². The molecule has 2 amide bonds. The Bertz CT molecular complexity index is 895. The minimum absolute atomic E-state index is 0.181. The molecule has 0 aliphatic heterocycles. The smallest absolute Gasteiger partial charge is 0.261 e. The minimum Gasteiger partial charge on any atom is -0.484 e. The molecule has 32 heavy (non-hydrogen) atoms. The summed E-state index contributed by atoms with van der Waals surface area (Å²) in [4.78, 5) is 27.5. The van der Waals surface area contributed by atoms with Crippen LogP contribution >= 0.6 is 11.6 Å². The summed E-state index contributed by atoms with van der Waals surface area (Å²) in [6.07, 6.45) is 2.28. The van der Waals surface area contributed by atoms with Crippen LogP contribution in [0.2, 0.25) is 5.02 Å². The molecule has 5 nitrogen and oxygen atoms in total. The Hall–Kier alpha value is -2.60. The molecule has 174 valence electrons. The molecule has 7 heteroatoms. The van der Waals surface area contributed by atoms with Gasteiger partial charge in [0, 0.05) is 18.1 Å². The van der Waals surface area contributed by atoms with E-state index in [1.165, 1.54) is 17.0 Å². The summed E-state index contributed by atoms with van der Waals surface area (Å²) < 4.78 is 19.1. The fourth-order valence-electron chi connectivity index (χ4n) is 3.43. The van der Waals surface area contributed by atoms with Crippen molar-refractivity contribution in [1.82, 2.24) is 10.2 Å². The molecule has 0 aromatic heterocycles. The number of nitrogens with zero attached hydrogens (tertiary/aromatic N) is 1. The molecular formula is C25H32ClFN2O3. The monoisotopic (exact) mass is 462 g/mol. The number of hydrogen-bond acceptors (Lipinski definition) is 3. The molecule has 0 aliphatic rings. The molecule has 0 saturated heterocycles. The van der Waals surface area contributed by atoms with Crippen molar-refractivity contribution in [3.8, 4) is 5.75 Å². The Labute approximate surface area is 194 Å². The number of hydrogen-bond donors (Lipinski definition) is 1. The van der Waals surface area contributed by atoms with Gasteiger partial charge in [-0.2, -0.15) is 0 Å². The molecule has 0 spiro atoms. The van der Waals surface area contributed by atoms with Gasteiger partial charge in [0.1, 0.15) is 17.6 Å². The van der Waals surface area contributed by atoms with E-state index in [4.69, 9.17) is 16.3 Å². The summed E-state index contributed by atoms with van der Waals surface area (Å²) in [5.74, 6) is -0.334. The molecule has 0 unspecified atom stereocenters.